The first-order valence-electron chi connectivity index (χ1n) is 8.96. The van der Waals surface area contributed by atoms with E-state index in [2.05, 4.69) is 52.9 Å². The molecule has 2 aromatic rings. The highest BCUT2D eigenvalue weighted by atomic mass is 28.4. The molecule has 0 saturated heterocycles. The van der Waals surface area contributed by atoms with Crippen molar-refractivity contribution < 1.29 is 14.0 Å². The molecule has 0 fully saturated rings. The molecule has 0 aromatic heterocycles. The van der Waals surface area contributed by atoms with Gasteiger partial charge in [0.1, 0.15) is 5.75 Å². The van der Waals surface area contributed by atoms with Gasteiger partial charge in [-0.3, -0.25) is 0 Å². The van der Waals surface area contributed by atoms with Crippen LogP contribution in [-0.4, -0.2) is 21.4 Å². The molecule has 0 radical (unpaired) electrons. The summed E-state index contributed by atoms with van der Waals surface area (Å²) in [6.07, 6.45) is 0. The van der Waals surface area contributed by atoms with Gasteiger partial charge in [0, 0.05) is 0 Å². The number of esters is 1. The highest BCUT2D eigenvalue weighted by molar-refractivity contribution is 6.74. The largest absolute Gasteiger partial charge is 0.543 e. The average molecular weight is 371 g/mol. The van der Waals surface area contributed by atoms with Crippen LogP contribution in [0, 0.1) is 13.8 Å². The van der Waals surface area contributed by atoms with Crippen LogP contribution in [0.4, 0.5) is 0 Å². The van der Waals surface area contributed by atoms with Crippen molar-refractivity contribution in [2.45, 2.75) is 52.8 Å². The zero-order valence-corrected chi connectivity index (χ0v) is 18.2. The van der Waals surface area contributed by atoms with Crippen molar-refractivity contribution in [1.29, 1.82) is 0 Å². The number of methoxy groups -OCH3 is 1. The van der Waals surface area contributed by atoms with Crippen molar-refractivity contribution >= 4 is 14.3 Å². The highest BCUT2D eigenvalue weighted by Crippen LogP contribution is 2.38. The van der Waals surface area contributed by atoms with Gasteiger partial charge in [-0.15, -0.1) is 0 Å². The molecule has 0 aliphatic carbocycles. The molecule has 3 nitrogen and oxygen atoms in total. The minimum absolute atomic E-state index is 0.158. The number of rotatable bonds is 4. The number of hydrogen-bond donors (Lipinski definition) is 0. The quantitative estimate of drug-likeness (QED) is 0.479. The van der Waals surface area contributed by atoms with Crippen molar-refractivity contribution in [3.05, 3.63) is 53.1 Å². The average Bonchev–Trinajstić information content (AvgIpc) is 2.53. The minimum atomic E-state index is -1.87. The van der Waals surface area contributed by atoms with Crippen LogP contribution >= 0.6 is 0 Å². The number of carbonyl (C=O) groups excluding carboxylic acids is 1. The van der Waals surface area contributed by atoms with Crippen molar-refractivity contribution in [2.24, 2.45) is 0 Å². The van der Waals surface area contributed by atoms with Crippen LogP contribution < -0.4 is 4.43 Å². The van der Waals surface area contributed by atoms with Crippen LogP contribution in [0.5, 0.6) is 5.75 Å². The Bertz CT molecular complexity index is 817. The fourth-order valence-corrected chi connectivity index (χ4v) is 3.73. The van der Waals surface area contributed by atoms with Gasteiger partial charge in [-0.2, -0.15) is 0 Å². The molecule has 2 rings (SSSR count). The molecule has 0 heterocycles. The molecule has 0 aliphatic heterocycles. The summed E-state index contributed by atoms with van der Waals surface area (Å²) in [6.45, 7) is 15.3. The smallest absolute Gasteiger partial charge is 0.338 e. The first-order valence-corrected chi connectivity index (χ1v) is 11.9. The molecule has 140 valence electrons. The summed E-state index contributed by atoms with van der Waals surface area (Å²) in [4.78, 5) is 12.0. The standard InChI is InChI=1S/C22H30O3Si/c1-15-14-17(25-26(7,8)22(3,4)5)12-13-18(15)19-10-9-11-20(16(19)2)21(23)24-6/h9-14H,1-8H3. The highest BCUT2D eigenvalue weighted by Gasteiger charge is 2.39. The molecule has 0 N–H and O–H groups in total. The predicted octanol–water partition coefficient (Wildman–Crippen LogP) is 6.14. The lowest BCUT2D eigenvalue weighted by Crippen LogP contribution is -2.43. The topological polar surface area (TPSA) is 35.5 Å². The summed E-state index contributed by atoms with van der Waals surface area (Å²) in [5.74, 6) is 0.611. The second kappa shape index (κ2) is 7.27. The zero-order valence-electron chi connectivity index (χ0n) is 17.2. The van der Waals surface area contributed by atoms with E-state index >= 15 is 0 Å². The lowest BCUT2D eigenvalue weighted by molar-refractivity contribution is 0.0600. The van der Waals surface area contributed by atoms with Crippen LogP contribution in [0.15, 0.2) is 36.4 Å². The molecule has 0 saturated carbocycles. The number of aryl methyl sites for hydroxylation is 1. The fraction of sp³-hybridized carbons (Fsp3) is 0.409. The summed E-state index contributed by atoms with van der Waals surface area (Å²) in [5, 5.41) is 0.158. The summed E-state index contributed by atoms with van der Waals surface area (Å²) in [5.41, 5.74) is 4.82. The van der Waals surface area contributed by atoms with E-state index in [1.54, 1.807) is 6.07 Å². The van der Waals surface area contributed by atoms with Crippen molar-refractivity contribution in [1.82, 2.24) is 0 Å². The van der Waals surface area contributed by atoms with Crippen LogP contribution in [0.3, 0.4) is 0 Å². The maximum absolute atomic E-state index is 12.0. The van der Waals surface area contributed by atoms with E-state index in [-0.39, 0.29) is 11.0 Å². The van der Waals surface area contributed by atoms with E-state index in [9.17, 15) is 4.79 Å². The molecule has 26 heavy (non-hydrogen) atoms. The molecule has 0 amide bonds. The minimum Gasteiger partial charge on any atom is -0.543 e. The van der Waals surface area contributed by atoms with Gasteiger partial charge in [0.2, 0.25) is 8.32 Å². The molecule has 0 bridgehead atoms. The van der Waals surface area contributed by atoms with Crippen molar-refractivity contribution in [3.63, 3.8) is 0 Å². The Morgan fingerprint density at radius 2 is 1.65 bits per heavy atom. The number of hydrogen-bond acceptors (Lipinski definition) is 3. The van der Waals surface area contributed by atoms with Crippen LogP contribution in [0.1, 0.15) is 42.3 Å². The second-order valence-corrected chi connectivity index (χ2v) is 13.0. The Morgan fingerprint density at radius 1 is 1.00 bits per heavy atom. The summed E-state index contributed by atoms with van der Waals surface area (Å²) in [7, 11) is -0.457. The van der Waals surface area contributed by atoms with E-state index in [1.807, 2.05) is 25.1 Å². The zero-order chi connectivity index (χ0) is 19.7. The van der Waals surface area contributed by atoms with Gasteiger partial charge in [0.05, 0.1) is 12.7 Å². The van der Waals surface area contributed by atoms with Gasteiger partial charge in [-0.05, 0) is 72.4 Å². The third-order valence-corrected chi connectivity index (χ3v) is 9.76. The molecule has 0 unspecified atom stereocenters. The van der Waals surface area contributed by atoms with Gasteiger partial charge in [0.15, 0.2) is 0 Å². The third-order valence-electron chi connectivity index (χ3n) is 5.41. The van der Waals surface area contributed by atoms with Gasteiger partial charge in [-0.1, -0.05) is 39.0 Å². The van der Waals surface area contributed by atoms with Crippen LogP contribution in [-0.2, 0) is 4.74 Å². The maximum Gasteiger partial charge on any atom is 0.338 e. The van der Waals surface area contributed by atoms with Gasteiger partial charge < -0.3 is 9.16 Å². The third kappa shape index (κ3) is 4.01. The Hall–Kier alpha value is -2.07. The molecule has 0 atom stereocenters. The Morgan fingerprint density at radius 3 is 2.19 bits per heavy atom. The predicted molar refractivity (Wildman–Crippen MR) is 111 cm³/mol. The molecule has 0 spiro atoms. The van der Waals surface area contributed by atoms with E-state index in [4.69, 9.17) is 9.16 Å². The van der Waals surface area contributed by atoms with Gasteiger partial charge in [-0.25, -0.2) is 4.79 Å². The van der Waals surface area contributed by atoms with Crippen molar-refractivity contribution in [3.8, 4) is 16.9 Å². The van der Waals surface area contributed by atoms with E-state index in [0.717, 1.165) is 28.0 Å². The van der Waals surface area contributed by atoms with E-state index in [0.29, 0.717) is 5.56 Å². The number of ether oxygens (including phenoxy) is 1. The first kappa shape index (κ1) is 20.2. The molecule has 4 heteroatoms. The molecular weight excluding hydrogens is 340 g/mol. The van der Waals surface area contributed by atoms with Gasteiger partial charge in [0.25, 0.3) is 0 Å². The maximum atomic E-state index is 12.0. The number of carbonyl (C=O) groups is 1. The normalized spacial score (nSPS) is 12.0. The second-order valence-electron chi connectivity index (χ2n) is 8.31. The Balaban J connectivity index is 2.42. The van der Waals surface area contributed by atoms with Crippen LogP contribution in [0.25, 0.3) is 11.1 Å². The summed E-state index contributed by atoms with van der Waals surface area (Å²) < 4.78 is 11.3. The lowest BCUT2D eigenvalue weighted by atomic mass is 9.93. The Labute approximate surface area is 158 Å². The summed E-state index contributed by atoms with van der Waals surface area (Å²) in [6, 6.07) is 12.0. The lowest BCUT2D eigenvalue weighted by Gasteiger charge is -2.36. The fourth-order valence-electron chi connectivity index (χ4n) is 2.71. The van der Waals surface area contributed by atoms with Crippen molar-refractivity contribution in [2.75, 3.05) is 7.11 Å². The Kier molecular flexibility index (Phi) is 5.66. The van der Waals surface area contributed by atoms with Crippen LogP contribution in [0.2, 0.25) is 18.1 Å². The van der Waals surface area contributed by atoms with Gasteiger partial charge >= 0.3 is 5.97 Å². The molecule has 0 aliphatic rings. The monoisotopic (exact) mass is 370 g/mol. The number of benzene rings is 2. The SMILES string of the molecule is COC(=O)c1cccc(-c2ccc(O[Si](C)(C)C(C)(C)C)cc2C)c1C. The summed E-state index contributed by atoms with van der Waals surface area (Å²) >= 11 is 0. The first-order chi connectivity index (χ1) is 12.0. The van der Waals surface area contributed by atoms with E-state index < -0.39 is 8.32 Å². The molecule has 2 aromatic carbocycles. The van der Waals surface area contributed by atoms with E-state index in [1.165, 1.54) is 7.11 Å². The molecular formula is C22H30O3Si.